The van der Waals surface area contributed by atoms with Crippen LogP contribution >= 0.6 is 12.2 Å². The standard InChI is InChI=1S/C11H10F2N2O2S/c12-7-2-1-3-8(13)10(7)17-6-9(16)15-5-4-14-11(15)18/h1-3H,4-6H2,(H,14,18). The Morgan fingerprint density at radius 1 is 1.44 bits per heavy atom. The number of halogens is 2. The summed E-state index contributed by atoms with van der Waals surface area (Å²) < 4.78 is 31.3. The van der Waals surface area contributed by atoms with Crippen molar-refractivity contribution in [2.75, 3.05) is 19.7 Å². The van der Waals surface area contributed by atoms with Crippen LogP contribution in [0.4, 0.5) is 8.78 Å². The lowest BCUT2D eigenvalue weighted by atomic mass is 10.3. The van der Waals surface area contributed by atoms with Gasteiger partial charge in [0, 0.05) is 13.1 Å². The second-order valence-electron chi connectivity index (χ2n) is 3.62. The maximum absolute atomic E-state index is 13.2. The number of ether oxygens (including phenoxy) is 1. The van der Waals surface area contributed by atoms with Crippen LogP contribution in [-0.2, 0) is 4.79 Å². The minimum atomic E-state index is -0.843. The number of carbonyl (C=O) groups is 1. The molecule has 0 saturated carbocycles. The van der Waals surface area contributed by atoms with E-state index >= 15 is 0 Å². The zero-order valence-electron chi connectivity index (χ0n) is 9.28. The Hall–Kier alpha value is -1.76. The number of nitrogens with zero attached hydrogens (tertiary/aromatic N) is 1. The van der Waals surface area contributed by atoms with Crippen LogP contribution in [0, 0.1) is 11.6 Å². The van der Waals surface area contributed by atoms with Crippen LogP contribution in [0.3, 0.4) is 0 Å². The van der Waals surface area contributed by atoms with E-state index in [0.29, 0.717) is 18.2 Å². The van der Waals surface area contributed by atoms with Crippen LogP contribution < -0.4 is 10.1 Å². The van der Waals surface area contributed by atoms with Gasteiger partial charge in [0.1, 0.15) is 0 Å². The third kappa shape index (κ3) is 2.56. The van der Waals surface area contributed by atoms with E-state index in [9.17, 15) is 13.6 Å². The second-order valence-corrected chi connectivity index (χ2v) is 4.00. The Labute approximate surface area is 108 Å². The first kappa shape index (κ1) is 12.7. The molecule has 0 aliphatic carbocycles. The first-order valence-electron chi connectivity index (χ1n) is 5.24. The number of hydrogen-bond donors (Lipinski definition) is 1. The minimum absolute atomic E-state index is 0.303. The van der Waals surface area contributed by atoms with Crippen LogP contribution in [0.15, 0.2) is 18.2 Å². The molecule has 1 aliphatic rings. The molecule has 1 aromatic carbocycles. The van der Waals surface area contributed by atoms with Gasteiger partial charge in [0.25, 0.3) is 5.91 Å². The molecular formula is C11H10F2N2O2S. The van der Waals surface area contributed by atoms with Crippen LogP contribution in [0.25, 0.3) is 0 Å². The SMILES string of the molecule is O=C(COc1c(F)cccc1F)N1CCNC1=S. The van der Waals surface area contributed by atoms with E-state index in [1.54, 1.807) is 0 Å². The summed E-state index contributed by atoms with van der Waals surface area (Å²) in [5.74, 6) is -2.67. The Bertz CT molecular complexity index is 476. The molecule has 1 amide bonds. The van der Waals surface area contributed by atoms with E-state index < -0.39 is 29.9 Å². The third-order valence-corrected chi connectivity index (χ3v) is 2.78. The van der Waals surface area contributed by atoms with E-state index in [1.165, 1.54) is 11.0 Å². The summed E-state index contributed by atoms with van der Waals surface area (Å²) in [5, 5.41) is 3.11. The fraction of sp³-hybridized carbons (Fsp3) is 0.273. The van der Waals surface area contributed by atoms with E-state index in [0.717, 1.165) is 12.1 Å². The minimum Gasteiger partial charge on any atom is -0.478 e. The Kier molecular flexibility index (Phi) is 3.71. The van der Waals surface area contributed by atoms with Gasteiger partial charge in [-0.3, -0.25) is 9.69 Å². The van der Waals surface area contributed by atoms with Crippen molar-refractivity contribution in [1.29, 1.82) is 0 Å². The lowest BCUT2D eigenvalue weighted by molar-refractivity contribution is -0.129. The molecule has 0 atom stereocenters. The van der Waals surface area contributed by atoms with Gasteiger partial charge in [-0.15, -0.1) is 0 Å². The highest BCUT2D eigenvalue weighted by molar-refractivity contribution is 7.80. The van der Waals surface area contributed by atoms with Crippen molar-refractivity contribution in [3.05, 3.63) is 29.8 Å². The molecule has 0 radical (unpaired) electrons. The number of hydrogen-bond acceptors (Lipinski definition) is 3. The molecule has 1 heterocycles. The molecular weight excluding hydrogens is 262 g/mol. The first-order valence-corrected chi connectivity index (χ1v) is 5.65. The highest BCUT2D eigenvalue weighted by Gasteiger charge is 2.23. The molecule has 7 heteroatoms. The third-order valence-electron chi connectivity index (χ3n) is 2.42. The molecule has 1 fully saturated rings. The molecule has 0 unspecified atom stereocenters. The molecule has 0 bridgehead atoms. The van der Waals surface area contributed by atoms with E-state index in [-0.39, 0.29) is 0 Å². The molecule has 2 rings (SSSR count). The molecule has 18 heavy (non-hydrogen) atoms. The Balaban J connectivity index is 1.99. The van der Waals surface area contributed by atoms with Crippen molar-refractivity contribution in [3.63, 3.8) is 0 Å². The van der Waals surface area contributed by atoms with Crippen LogP contribution in [0.5, 0.6) is 5.75 Å². The average Bonchev–Trinajstić information content (AvgIpc) is 2.74. The maximum atomic E-state index is 13.2. The number of amides is 1. The lowest BCUT2D eigenvalue weighted by Gasteiger charge is -2.15. The molecule has 0 aromatic heterocycles. The number of para-hydroxylation sites is 1. The van der Waals surface area contributed by atoms with Gasteiger partial charge in [0.2, 0.25) is 0 Å². The zero-order chi connectivity index (χ0) is 13.1. The van der Waals surface area contributed by atoms with Crippen molar-refractivity contribution < 1.29 is 18.3 Å². The van der Waals surface area contributed by atoms with E-state index in [2.05, 4.69) is 5.32 Å². The van der Waals surface area contributed by atoms with Gasteiger partial charge in [-0.25, -0.2) is 8.78 Å². The van der Waals surface area contributed by atoms with Crippen molar-refractivity contribution in [2.45, 2.75) is 0 Å². The van der Waals surface area contributed by atoms with Crippen LogP contribution in [0.2, 0.25) is 0 Å². The van der Waals surface area contributed by atoms with E-state index in [4.69, 9.17) is 17.0 Å². The quantitative estimate of drug-likeness (QED) is 0.835. The number of carbonyl (C=O) groups excluding carboxylic acids is 1. The molecule has 96 valence electrons. The molecule has 4 nitrogen and oxygen atoms in total. The lowest BCUT2D eigenvalue weighted by Crippen LogP contribution is -2.37. The van der Waals surface area contributed by atoms with Crippen molar-refractivity contribution in [3.8, 4) is 5.75 Å². The number of thiocarbonyl (C=S) groups is 1. The Morgan fingerprint density at radius 3 is 2.67 bits per heavy atom. The van der Waals surface area contributed by atoms with Crippen molar-refractivity contribution >= 4 is 23.2 Å². The summed E-state index contributed by atoms with van der Waals surface area (Å²) in [4.78, 5) is 13.0. The van der Waals surface area contributed by atoms with Crippen LogP contribution in [-0.4, -0.2) is 35.6 Å². The predicted molar refractivity (Wildman–Crippen MR) is 64.2 cm³/mol. The zero-order valence-corrected chi connectivity index (χ0v) is 10.1. The smallest absolute Gasteiger partial charge is 0.266 e. The number of benzene rings is 1. The summed E-state index contributed by atoms with van der Waals surface area (Å²) in [6, 6.07) is 3.34. The number of nitrogens with one attached hydrogen (secondary N) is 1. The summed E-state index contributed by atoms with van der Waals surface area (Å²) >= 11 is 4.89. The average molecular weight is 272 g/mol. The maximum Gasteiger partial charge on any atom is 0.266 e. The van der Waals surface area contributed by atoms with Gasteiger partial charge in [0.05, 0.1) is 0 Å². The van der Waals surface area contributed by atoms with Gasteiger partial charge < -0.3 is 10.1 Å². The fourth-order valence-corrected chi connectivity index (χ4v) is 1.84. The largest absolute Gasteiger partial charge is 0.478 e. The predicted octanol–water partition coefficient (Wildman–Crippen LogP) is 1.06. The molecule has 1 saturated heterocycles. The van der Waals surface area contributed by atoms with Gasteiger partial charge in [0.15, 0.2) is 29.1 Å². The van der Waals surface area contributed by atoms with Gasteiger partial charge >= 0.3 is 0 Å². The molecule has 1 aliphatic heterocycles. The molecule has 1 aromatic rings. The number of rotatable bonds is 3. The topological polar surface area (TPSA) is 41.6 Å². The fourth-order valence-electron chi connectivity index (χ4n) is 1.54. The Morgan fingerprint density at radius 2 is 2.11 bits per heavy atom. The summed E-state index contributed by atoms with van der Waals surface area (Å²) in [6.45, 7) is 0.541. The van der Waals surface area contributed by atoms with Gasteiger partial charge in [-0.05, 0) is 24.4 Å². The highest BCUT2D eigenvalue weighted by Crippen LogP contribution is 2.20. The van der Waals surface area contributed by atoms with Gasteiger partial charge in [-0.2, -0.15) is 0 Å². The molecule has 1 N–H and O–H groups in total. The normalized spacial score (nSPS) is 14.6. The molecule has 0 spiro atoms. The first-order chi connectivity index (χ1) is 8.59. The van der Waals surface area contributed by atoms with Gasteiger partial charge in [-0.1, -0.05) is 6.07 Å². The van der Waals surface area contributed by atoms with Crippen molar-refractivity contribution in [2.24, 2.45) is 0 Å². The highest BCUT2D eigenvalue weighted by atomic mass is 32.1. The second kappa shape index (κ2) is 5.26. The monoisotopic (exact) mass is 272 g/mol. The summed E-state index contributed by atoms with van der Waals surface area (Å²) in [6.07, 6.45) is 0. The summed E-state index contributed by atoms with van der Waals surface area (Å²) in [5.41, 5.74) is 0. The van der Waals surface area contributed by atoms with E-state index in [1.807, 2.05) is 0 Å². The van der Waals surface area contributed by atoms with Crippen LogP contribution in [0.1, 0.15) is 0 Å². The van der Waals surface area contributed by atoms with Crippen molar-refractivity contribution in [1.82, 2.24) is 10.2 Å². The summed E-state index contributed by atoms with van der Waals surface area (Å²) in [7, 11) is 0.